The van der Waals surface area contributed by atoms with Crippen LogP contribution in [0.2, 0.25) is 0 Å². The van der Waals surface area contributed by atoms with Crippen LogP contribution in [0.5, 0.6) is 5.75 Å². The Morgan fingerprint density at radius 2 is 1.71 bits per heavy atom. The molecule has 1 N–H and O–H groups in total. The molecule has 0 spiro atoms. The third kappa shape index (κ3) is 4.93. The van der Waals surface area contributed by atoms with E-state index in [9.17, 15) is 13.2 Å². The van der Waals surface area contributed by atoms with Gasteiger partial charge in [-0.15, -0.1) is 0 Å². The van der Waals surface area contributed by atoms with Crippen LogP contribution in [0.25, 0.3) is 0 Å². The van der Waals surface area contributed by atoms with E-state index in [0.717, 1.165) is 12.2 Å². The van der Waals surface area contributed by atoms with Crippen molar-refractivity contribution in [3.63, 3.8) is 0 Å². The topological polar surface area (TPSA) is 72.5 Å². The minimum Gasteiger partial charge on any atom is -0.491 e. The van der Waals surface area contributed by atoms with Gasteiger partial charge in [0.25, 0.3) is 0 Å². The summed E-state index contributed by atoms with van der Waals surface area (Å²) in [6, 6.07) is 15.7. The summed E-state index contributed by atoms with van der Waals surface area (Å²) in [4.78, 5) is 13.0. The van der Waals surface area contributed by atoms with Gasteiger partial charge in [-0.25, -0.2) is 8.42 Å². The zero-order valence-corrected chi connectivity index (χ0v) is 17.1. The molecule has 150 valence electrons. The highest BCUT2D eigenvalue weighted by Gasteiger charge is 2.35. The number of ether oxygens (including phenoxy) is 1. The Morgan fingerprint density at radius 3 is 2.36 bits per heavy atom. The van der Waals surface area contributed by atoms with E-state index >= 15 is 0 Å². The summed E-state index contributed by atoms with van der Waals surface area (Å²) in [5, 5.41) is 2.40. The Bertz CT molecular complexity index is 892. The molecule has 3 rings (SSSR count). The smallest absolute Gasteiger partial charge is 0.227 e. The molecule has 2 aromatic carbocycles. The predicted octanol–water partition coefficient (Wildman–Crippen LogP) is 4.45. The van der Waals surface area contributed by atoms with Crippen LogP contribution in [0.1, 0.15) is 39.5 Å². The number of sulfone groups is 1. The van der Waals surface area contributed by atoms with Crippen molar-refractivity contribution < 1.29 is 17.9 Å². The van der Waals surface area contributed by atoms with E-state index in [-0.39, 0.29) is 17.9 Å². The fourth-order valence-corrected chi connectivity index (χ4v) is 5.48. The molecule has 0 radical (unpaired) electrons. The maximum atomic E-state index is 12.9. The normalized spacial score (nSPS) is 20.0. The van der Waals surface area contributed by atoms with Crippen LogP contribution in [-0.4, -0.2) is 25.7 Å². The lowest BCUT2D eigenvalue weighted by atomic mass is 9.88. The number of hydrogen-bond acceptors (Lipinski definition) is 4. The fraction of sp³-hybridized carbons (Fsp3) is 0.409. The summed E-state index contributed by atoms with van der Waals surface area (Å²) in [6.45, 7) is 3.91. The van der Waals surface area contributed by atoms with E-state index in [4.69, 9.17) is 4.74 Å². The van der Waals surface area contributed by atoms with Gasteiger partial charge in [0, 0.05) is 11.6 Å². The molecule has 2 atom stereocenters. The average molecular weight is 402 g/mol. The van der Waals surface area contributed by atoms with Crippen LogP contribution in [-0.2, 0) is 14.6 Å². The minimum atomic E-state index is -3.42. The first-order valence-electron chi connectivity index (χ1n) is 9.73. The third-order valence-electron chi connectivity index (χ3n) is 5.00. The van der Waals surface area contributed by atoms with Crippen molar-refractivity contribution in [3.05, 3.63) is 54.6 Å². The number of anilines is 1. The highest BCUT2D eigenvalue weighted by molar-refractivity contribution is 7.92. The second kappa shape index (κ2) is 8.78. The number of hydrogen-bond donors (Lipinski definition) is 1. The van der Waals surface area contributed by atoms with E-state index < -0.39 is 15.1 Å². The van der Waals surface area contributed by atoms with Gasteiger partial charge in [0.05, 0.1) is 16.2 Å². The fourth-order valence-electron chi connectivity index (χ4n) is 3.60. The molecule has 5 nitrogen and oxygen atoms in total. The van der Waals surface area contributed by atoms with E-state index in [1.807, 2.05) is 26.0 Å². The van der Waals surface area contributed by atoms with E-state index in [1.165, 1.54) is 0 Å². The summed E-state index contributed by atoms with van der Waals surface area (Å²) in [5.74, 6) is 0.328. The zero-order chi connectivity index (χ0) is 20.1. The summed E-state index contributed by atoms with van der Waals surface area (Å²) in [6.07, 6.45) is 2.49. The molecule has 0 heterocycles. The number of rotatable bonds is 6. The summed E-state index contributed by atoms with van der Waals surface area (Å²) in [7, 11) is -3.42. The van der Waals surface area contributed by atoms with Crippen molar-refractivity contribution in [3.8, 4) is 5.75 Å². The molecule has 1 fully saturated rings. The first-order chi connectivity index (χ1) is 13.4. The van der Waals surface area contributed by atoms with E-state index in [1.54, 1.807) is 42.5 Å². The third-order valence-corrected chi connectivity index (χ3v) is 7.24. The van der Waals surface area contributed by atoms with Gasteiger partial charge in [-0.05, 0) is 69.5 Å². The lowest BCUT2D eigenvalue weighted by molar-refractivity contribution is -0.120. The second-order valence-electron chi connectivity index (χ2n) is 7.52. The molecule has 1 saturated carbocycles. The molecule has 0 saturated heterocycles. The molecule has 1 amide bonds. The molecule has 1 unspecified atom stereocenters. The van der Waals surface area contributed by atoms with E-state index in [0.29, 0.717) is 29.8 Å². The molecule has 0 bridgehead atoms. The lowest BCUT2D eigenvalue weighted by Gasteiger charge is -2.28. The van der Waals surface area contributed by atoms with Crippen molar-refractivity contribution in [1.29, 1.82) is 0 Å². The highest BCUT2D eigenvalue weighted by atomic mass is 32.2. The monoisotopic (exact) mass is 401 g/mol. The first kappa shape index (κ1) is 20.4. The Labute approximate surface area is 167 Å². The van der Waals surface area contributed by atoms with Crippen molar-refractivity contribution in [2.75, 3.05) is 5.32 Å². The Kier molecular flexibility index (Phi) is 6.39. The van der Waals surface area contributed by atoms with Gasteiger partial charge in [0.15, 0.2) is 9.84 Å². The van der Waals surface area contributed by atoms with Crippen LogP contribution in [0.3, 0.4) is 0 Å². The second-order valence-corrected chi connectivity index (χ2v) is 9.75. The molecular formula is C22H27NO4S. The molecule has 28 heavy (non-hydrogen) atoms. The van der Waals surface area contributed by atoms with Gasteiger partial charge in [0.2, 0.25) is 5.91 Å². The maximum Gasteiger partial charge on any atom is 0.227 e. The number of carbonyl (C=O) groups is 1. The number of amides is 1. The van der Waals surface area contributed by atoms with Crippen LogP contribution in [0, 0.1) is 5.92 Å². The molecule has 0 aliphatic heterocycles. The van der Waals surface area contributed by atoms with Crippen molar-refractivity contribution >= 4 is 21.4 Å². The average Bonchev–Trinajstić information content (AvgIpc) is 2.70. The number of benzene rings is 2. The van der Waals surface area contributed by atoms with Gasteiger partial charge in [-0.1, -0.05) is 24.6 Å². The summed E-state index contributed by atoms with van der Waals surface area (Å²) >= 11 is 0. The van der Waals surface area contributed by atoms with Crippen molar-refractivity contribution in [2.24, 2.45) is 5.92 Å². The number of carbonyl (C=O) groups excluding carboxylic acids is 1. The SMILES string of the molecule is CC(C)Oc1ccc(NC(=O)[C@@H]2CCCC(S(=O)(=O)c3ccccc3)C2)cc1. The molecule has 2 aromatic rings. The van der Waals surface area contributed by atoms with Crippen molar-refractivity contribution in [1.82, 2.24) is 0 Å². The standard InChI is InChI=1S/C22H27NO4S/c1-16(2)27-19-13-11-18(12-14-19)23-22(24)17-7-6-10-21(15-17)28(25,26)20-8-4-3-5-9-20/h3-5,8-9,11-14,16-17,21H,6-7,10,15H2,1-2H3,(H,23,24)/t17-,21?/m1/s1. The van der Waals surface area contributed by atoms with Gasteiger partial charge < -0.3 is 10.1 Å². The van der Waals surface area contributed by atoms with Gasteiger partial charge in [-0.3, -0.25) is 4.79 Å². The molecule has 1 aliphatic rings. The van der Waals surface area contributed by atoms with Gasteiger partial charge in [-0.2, -0.15) is 0 Å². The quantitative estimate of drug-likeness (QED) is 0.776. The lowest BCUT2D eigenvalue weighted by Crippen LogP contribution is -2.34. The highest BCUT2D eigenvalue weighted by Crippen LogP contribution is 2.33. The van der Waals surface area contributed by atoms with Crippen LogP contribution >= 0.6 is 0 Å². The Balaban J connectivity index is 1.64. The predicted molar refractivity (Wildman–Crippen MR) is 110 cm³/mol. The molecule has 0 aromatic heterocycles. The van der Waals surface area contributed by atoms with Gasteiger partial charge >= 0.3 is 0 Å². The molecule has 6 heteroatoms. The number of nitrogens with one attached hydrogen (secondary N) is 1. The summed E-state index contributed by atoms with van der Waals surface area (Å²) in [5.41, 5.74) is 0.689. The minimum absolute atomic E-state index is 0.0891. The van der Waals surface area contributed by atoms with Crippen LogP contribution in [0.15, 0.2) is 59.5 Å². The summed E-state index contributed by atoms with van der Waals surface area (Å²) < 4.78 is 31.4. The Morgan fingerprint density at radius 1 is 1.04 bits per heavy atom. The van der Waals surface area contributed by atoms with Crippen molar-refractivity contribution in [2.45, 2.75) is 55.8 Å². The van der Waals surface area contributed by atoms with E-state index in [2.05, 4.69) is 5.32 Å². The molecule has 1 aliphatic carbocycles. The van der Waals surface area contributed by atoms with Gasteiger partial charge in [0.1, 0.15) is 5.75 Å². The molecular weight excluding hydrogens is 374 g/mol. The largest absolute Gasteiger partial charge is 0.491 e. The van der Waals surface area contributed by atoms with Crippen LogP contribution < -0.4 is 10.1 Å². The zero-order valence-electron chi connectivity index (χ0n) is 16.3. The first-order valence-corrected chi connectivity index (χ1v) is 11.3. The van der Waals surface area contributed by atoms with Crippen LogP contribution in [0.4, 0.5) is 5.69 Å². The Hall–Kier alpha value is -2.34. The maximum absolute atomic E-state index is 12.9.